The van der Waals surface area contributed by atoms with Gasteiger partial charge in [-0.1, -0.05) is 13.8 Å². The van der Waals surface area contributed by atoms with Crippen molar-refractivity contribution in [3.63, 3.8) is 0 Å². The van der Waals surface area contributed by atoms with Crippen molar-refractivity contribution >= 4 is 0 Å². The third-order valence-corrected chi connectivity index (χ3v) is 2.86. The first-order chi connectivity index (χ1) is 9.08. The van der Waals surface area contributed by atoms with E-state index in [1.807, 2.05) is 10.8 Å². The largest absolute Gasteiger partial charge is 0.389 e. The van der Waals surface area contributed by atoms with Gasteiger partial charge in [0.25, 0.3) is 0 Å². The van der Waals surface area contributed by atoms with Gasteiger partial charge in [0.2, 0.25) is 0 Å². The number of ether oxygens (including phenoxy) is 1. The average Bonchev–Trinajstić information content (AvgIpc) is 2.84. The topological polar surface area (TPSA) is 59.3 Å². The number of hydrogen-bond acceptors (Lipinski definition) is 4. The summed E-state index contributed by atoms with van der Waals surface area (Å²) in [5.41, 5.74) is 0. The Bertz CT molecular complexity index is 315. The van der Waals surface area contributed by atoms with Crippen molar-refractivity contribution in [2.75, 3.05) is 19.7 Å². The first kappa shape index (κ1) is 16.1. The zero-order chi connectivity index (χ0) is 14.1. The number of rotatable bonds is 10. The van der Waals surface area contributed by atoms with E-state index in [1.165, 1.54) is 0 Å². The van der Waals surface area contributed by atoms with Gasteiger partial charge in [-0.2, -0.15) is 0 Å². The van der Waals surface area contributed by atoms with Crippen molar-refractivity contribution in [3.05, 3.63) is 18.7 Å². The summed E-state index contributed by atoms with van der Waals surface area (Å²) in [5.74, 6) is 0.625. The standard InChI is InChI=1S/C14H27N3O2/c1-12(2)8-13(3)19-10-14(18)9-15-4-6-17-7-5-16-11-17/h5,7,11-15,18H,4,6,8-10H2,1-3H3. The van der Waals surface area contributed by atoms with Crippen LogP contribution < -0.4 is 5.32 Å². The van der Waals surface area contributed by atoms with Crippen LogP contribution in [0.3, 0.4) is 0 Å². The number of nitrogens with zero attached hydrogens (tertiary/aromatic N) is 2. The SMILES string of the molecule is CC(C)CC(C)OCC(O)CNCCn1ccnc1. The first-order valence-corrected chi connectivity index (χ1v) is 7.04. The molecule has 1 aromatic heterocycles. The summed E-state index contributed by atoms with van der Waals surface area (Å²) in [6.07, 6.45) is 6.27. The molecule has 0 fully saturated rings. The Kier molecular flexibility index (Phi) is 7.70. The third-order valence-electron chi connectivity index (χ3n) is 2.86. The van der Waals surface area contributed by atoms with Crippen LogP contribution in [0.4, 0.5) is 0 Å². The summed E-state index contributed by atoms with van der Waals surface area (Å²) < 4.78 is 7.61. The summed E-state index contributed by atoms with van der Waals surface area (Å²) in [5, 5.41) is 13.0. The molecule has 0 aromatic carbocycles. The lowest BCUT2D eigenvalue weighted by Crippen LogP contribution is -2.33. The average molecular weight is 269 g/mol. The van der Waals surface area contributed by atoms with E-state index < -0.39 is 6.10 Å². The summed E-state index contributed by atoms with van der Waals surface area (Å²) >= 11 is 0. The fourth-order valence-electron chi connectivity index (χ4n) is 1.96. The van der Waals surface area contributed by atoms with Crippen LogP contribution in [0.5, 0.6) is 0 Å². The molecule has 2 unspecified atom stereocenters. The van der Waals surface area contributed by atoms with Crippen LogP contribution in [0.2, 0.25) is 0 Å². The van der Waals surface area contributed by atoms with Crippen LogP contribution >= 0.6 is 0 Å². The molecule has 1 heterocycles. The number of aliphatic hydroxyl groups excluding tert-OH is 1. The molecule has 0 aliphatic rings. The maximum atomic E-state index is 9.78. The maximum absolute atomic E-state index is 9.78. The van der Waals surface area contributed by atoms with Gasteiger partial charge in [0.1, 0.15) is 0 Å². The first-order valence-electron chi connectivity index (χ1n) is 7.04. The molecule has 0 aliphatic carbocycles. The Morgan fingerprint density at radius 3 is 2.79 bits per heavy atom. The van der Waals surface area contributed by atoms with Crippen molar-refractivity contribution in [1.82, 2.24) is 14.9 Å². The van der Waals surface area contributed by atoms with Crippen LogP contribution in [0.1, 0.15) is 27.2 Å². The predicted octanol–water partition coefficient (Wildman–Crippen LogP) is 1.28. The molecule has 1 aromatic rings. The van der Waals surface area contributed by atoms with Crippen LogP contribution in [-0.2, 0) is 11.3 Å². The van der Waals surface area contributed by atoms with Gasteiger partial charge in [-0.05, 0) is 19.3 Å². The number of aromatic nitrogens is 2. The highest BCUT2D eigenvalue weighted by molar-refractivity contribution is 4.74. The highest BCUT2D eigenvalue weighted by Crippen LogP contribution is 2.07. The van der Waals surface area contributed by atoms with Crippen molar-refractivity contribution in [2.24, 2.45) is 5.92 Å². The summed E-state index contributed by atoms with van der Waals surface area (Å²) in [4.78, 5) is 3.97. The van der Waals surface area contributed by atoms with Crippen LogP contribution in [0.25, 0.3) is 0 Å². The minimum atomic E-state index is -0.447. The molecular formula is C14H27N3O2. The molecular weight excluding hydrogens is 242 g/mol. The Morgan fingerprint density at radius 1 is 1.37 bits per heavy atom. The quantitative estimate of drug-likeness (QED) is 0.628. The van der Waals surface area contributed by atoms with E-state index in [0.717, 1.165) is 19.5 Å². The number of hydrogen-bond donors (Lipinski definition) is 2. The van der Waals surface area contributed by atoms with Crippen molar-refractivity contribution < 1.29 is 9.84 Å². The fourth-order valence-corrected chi connectivity index (χ4v) is 1.96. The Labute approximate surface area is 116 Å². The summed E-state index contributed by atoms with van der Waals surface area (Å²) in [7, 11) is 0. The molecule has 5 nitrogen and oxygen atoms in total. The third kappa shape index (κ3) is 7.97. The van der Waals surface area contributed by atoms with E-state index in [4.69, 9.17) is 4.74 Å². The van der Waals surface area contributed by atoms with Crippen LogP contribution in [-0.4, -0.2) is 46.6 Å². The van der Waals surface area contributed by atoms with E-state index in [0.29, 0.717) is 19.1 Å². The molecule has 0 spiro atoms. The van der Waals surface area contributed by atoms with Gasteiger partial charge in [-0.3, -0.25) is 0 Å². The molecule has 0 saturated carbocycles. The van der Waals surface area contributed by atoms with E-state index in [2.05, 4.69) is 31.1 Å². The second-order valence-electron chi connectivity index (χ2n) is 5.43. The molecule has 0 saturated heterocycles. The molecule has 2 N–H and O–H groups in total. The van der Waals surface area contributed by atoms with Crippen molar-refractivity contribution in [1.29, 1.82) is 0 Å². The molecule has 0 bridgehead atoms. The fraction of sp³-hybridized carbons (Fsp3) is 0.786. The zero-order valence-corrected chi connectivity index (χ0v) is 12.2. The molecule has 19 heavy (non-hydrogen) atoms. The van der Waals surface area contributed by atoms with E-state index >= 15 is 0 Å². The molecule has 110 valence electrons. The normalized spacial score (nSPS) is 14.8. The van der Waals surface area contributed by atoms with Crippen molar-refractivity contribution in [2.45, 2.75) is 45.9 Å². The van der Waals surface area contributed by atoms with Crippen LogP contribution in [0.15, 0.2) is 18.7 Å². The van der Waals surface area contributed by atoms with Gasteiger partial charge in [0, 0.05) is 32.0 Å². The van der Waals surface area contributed by atoms with E-state index in [1.54, 1.807) is 12.5 Å². The molecule has 0 aliphatic heterocycles. The highest BCUT2D eigenvalue weighted by atomic mass is 16.5. The van der Waals surface area contributed by atoms with Gasteiger partial charge in [0.05, 0.1) is 25.1 Å². The maximum Gasteiger partial charge on any atom is 0.0946 e. The molecule has 0 radical (unpaired) electrons. The van der Waals surface area contributed by atoms with Crippen LogP contribution in [0, 0.1) is 5.92 Å². The number of aliphatic hydroxyl groups is 1. The smallest absolute Gasteiger partial charge is 0.0946 e. The van der Waals surface area contributed by atoms with E-state index in [9.17, 15) is 5.11 Å². The van der Waals surface area contributed by atoms with Gasteiger partial charge in [0.15, 0.2) is 0 Å². The van der Waals surface area contributed by atoms with Gasteiger partial charge in [-0.15, -0.1) is 0 Å². The summed E-state index contributed by atoms with van der Waals surface area (Å²) in [6, 6.07) is 0. The van der Waals surface area contributed by atoms with Gasteiger partial charge < -0.3 is 19.7 Å². The monoisotopic (exact) mass is 269 g/mol. The lowest BCUT2D eigenvalue weighted by Gasteiger charge is -2.18. The molecule has 2 atom stereocenters. The zero-order valence-electron chi connectivity index (χ0n) is 12.2. The Hall–Kier alpha value is -0.910. The predicted molar refractivity (Wildman–Crippen MR) is 76.0 cm³/mol. The molecule has 1 rings (SSSR count). The highest BCUT2D eigenvalue weighted by Gasteiger charge is 2.09. The van der Waals surface area contributed by atoms with Crippen molar-refractivity contribution in [3.8, 4) is 0 Å². The Balaban J connectivity index is 2.00. The Morgan fingerprint density at radius 2 is 2.16 bits per heavy atom. The number of nitrogens with one attached hydrogen (secondary N) is 1. The van der Waals surface area contributed by atoms with Gasteiger partial charge >= 0.3 is 0 Å². The summed E-state index contributed by atoms with van der Waals surface area (Å²) in [6.45, 7) is 9.03. The van der Waals surface area contributed by atoms with Gasteiger partial charge in [-0.25, -0.2) is 4.98 Å². The lowest BCUT2D eigenvalue weighted by atomic mass is 10.1. The van der Waals surface area contributed by atoms with E-state index in [-0.39, 0.29) is 6.10 Å². The second kappa shape index (κ2) is 9.07. The minimum absolute atomic E-state index is 0.209. The molecule has 5 heteroatoms. The second-order valence-corrected chi connectivity index (χ2v) is 5.43. The minimum Gasteiger partial charge on any atom is -0.389 e. The molecule has 0 amide bonds. The number of imidazole rings is 1. The lowest BCUT2D eigenvalue weighted by molar-refractivity contribution is -0.00846.